The van der Waals surface area contributed by atoms with Crippen molar-refractivity contribution in [1.29, 1.82) is 0 Å². The lowest BCUT2D eigenvalue weighted by molar-refractivity contribution is -0.145. The Kier molecular flexibility index (Phi) is 6.24. The number of halogens is 3. The van der Waals surface area contributed by atoms with Crippen LogP contribution in [0.1, 0.15) is 18.4 Å². The Hall–Kier alpha value is -2.29. The van der Waals surface area contributed by atoms with Crippen LogP contribution in [0.5, 0.6) is 5.75 Å². The Balaban J connectivity index is 1.87. The fourth-order valence-corrected chi connectivity index (χ4v) is 2.51. The highest BCUT2D eigenvalue weighted by Gasteiger charge is 2.32. The van der Waals surface area contributed by atoms with Gasteiger partial charge in [0.1, 0.15) is 11.8 Å². The lowest BCUT2D eigenvalue weighted by atomic mass is 9.93. The first-order valence-corrected chi connectivity index (χ1v) is 7.67. The summed E-state index contributed by atoms with van der Waals surface area (Å²) in [5.41, 5.74) is -0.826. The van der Waals surface area contributed by atoms with Gasteiger partial charge in [-0.1, -0.05) is 0 Å². The van der Waals surface area contributed by atoms with Crippen LogP contribution in [0.2, 0.25) is 0 Å². The molecule has 25 heavy (non-hydrogen) atoms. The second-order valence-corrected chi connectivity index (χ2v) is 5.67. The minimum absolute atomic E-state index is 0.0797. The molecule has 1 saturated heterocycles. The summed E-state index contributed by atoms with van der Waals surface area (Å²) in [4.78, 5) is 23.2. The van der Waals surface area contributed by atoms with Gasteiger partial charge in [-0.25, -0.2) is 4.79 Å². The van der Waals surface area contributed by atoms with Crippen molar-refractivity contribution in [3.8, 4) is 5.75 Å². The van der Waals surface area contributed by atoms with Gasteiger partial charge in [-0.2, -0.15) is 13.2 Å². The monoisotopic (exact) mass is 361 g/mol. The third-order valence-corrected chi connectivity index (χ3v) is 3.80. The molecule has 1 amide bonds. The van der Waals surface area contributed by atoms with E-state index in [-0.39, 0.29) is 18.3 Å². The molecule has 1 aromatic carbocycles. The average molecular weight is 361 g/mol. The van der Waals surface area contributed by atoms with Crippen LogP contribution in [0.15, 0.2) is 24.3 Å². The molecule has 138 valence electrons. The topological polar surface area (TPSA) is 84.9 Å². The second kappa shape index (κ2) is 8.19. The van der Waals surface area contributed by atoms with Crippen molar-refractivity contribution in [2.45, 2.75) is 25.1 Å². The zero-order valence-corrected chi connectivity index (χ0v) is 13.2. The number of aliphatic carboxylic acids is 1. The molecule has 1 aliphatic rings. The minimum Gasteiger partial charge on any atom is -0.484 e. The molecule has 2 unspecified atom stereocenters. The van der Waals surface area contributed by atoms with E-state index in [2.05, 4.69) is 5.32 Å². The van der Waals surface area contributed by atoms with Crippen molar-refractivity contribution in [3.63, 3.8) is 0 Å². The number of carboxylic acid groups (broad SMARTS) is 1. The number of ether oxygens (including phenoxy) is 2. The molecule has 1 aliphatic heterocycles. The summed E-state index contributed by atoms with van der Waals surface area (Å²) in [6.07, 6.45) is -3.12. The van der Waals surface area contributed by atoms with Crippen LogP contribution in [0.4, 0.5) is 13.2 Å². The van der Waals surface area contributed by atoms with E-state index in [1.54, 1.807) is 0 Å². The van der Waals surface area contributed by atoms with Crippen molar-refractivity contribution < 1.29 is 37.3 Å². The van der Waals surface area contributed by atoms with Gasteiger partial charge in [0.2, 0.25) is 0 Å². The molecular formula is C16H18F3NO5. The van der Waals surface area contributed by atoms with Crippen LogP contribution in [0, 0.1) is 5.92 Å². The van der Waals surface area contributed by atoms with Gasteiger partial charge in [0.15, 0.2) is 6.61 Å². The van der Waals surface area contributed by atoms with Gasteiger partial charge in [0.05, 0.1) is 12.2 Å². The van der Waals surface area contributed by atoms with E-state index in [1.165, 1.54) is 0 Å². The highest BCUT2D eigenvalue weighted by molar-refractivity contribution is 5.84. The second-order valence-electron chi connectivity index (χ2n) is 5.67. The number of amides is 1. The summed E-state index contributed by atoms with van der Waals surface area (Å²) in [6.45, 7) is 0.313. The van der Waals surface area contributed by atoms with Gasteiger partial charge in [-0.15, -0.1) is 0 Å². The van der Waals surface area contributed by atoms with Crippen molar-refractivity contribution in [2.75, 3.05) is 19.8 Å². The molecular weight excluding hydrogens is 343 g/mol. The molecule has 2 N–H and O–H groups in total. The zero-order valence-electron chi connectivity index (χ0n) is 13.2. The first kappa shape index (κ1) is 19.0. The maximum Gasteiger partial charge on any atom is 0.416 e. The molecule has 0 aromatic heterocycles. The number of carboxylic acids is 1. The molecule has 0 aliphatic carbocycles. The number of alkyl halides is 3. The van der Waals surface area contributed by atoms with Crippen LogP contribution in [0.3, 0.4) is 0 Å². The quantitative estimate of drug-likeness (QED) is 0.810. The Bertz CT molecular complexity index is 597. The molecule has 1 aromatic rings. The highest BCUT2D eigenvalue weighted by Crippen LogP contribution is 2.30. The number of nitrogens with one attached hydrogen (secondary N) is 1. The predicted octanol–water partition coefficient (Wildman–Crippen LogP) is 2.08. The average Bonchev–Trinajstić information content (AvgIpc) is 2.58. The molecule has 0 radical (unpaired) electrons. The number of hydrogen-bond acceptors (Lipinski definition) is 4. The number of rotatable bonds is 6. The van der Waals surface area contributed by atoms with E-state index in [0.29, 0.717) is 19.4 Å². The molecule has 1 fully saturated rings. The largest absolute Gasteiger partial charge is 0.484 e. The first-order chi connectivity index (χ1) is 11.8. The molecule has 0 bridgehead atoms. The van der Waals surface area contributed by atoms with E-state index in [9.17, 15) is 27.9 Å². The van der Waals surface area contributed by atoms with Crippen molar-refractivity contribution in [2.24, 2.45) is 5.92 Å². The lowest BCUT2D eigenvalue weighted by Crippen LogP contribution is -2.49. The maximum absolute atomic E-state index is 12.5. The summed E-state index contributed by atoms with van der Waals surface area (Å²) in [7, 11) is 0. The Morgan fingerprint density at radius 2 is 2.00 bits per heavy atom. The van der Waals surface area contributed by atoms with Crippen LogP contribution < -0.4 is 10.1 Å². The molecule has 0 saturated carbocycles. The summed E-state index contributed by atoms with van der Waals surface area (Å²) in [6, 6.07) is 2.78. The van der Waals surface area contributed by atoms with Gasteiger partial charge >= 0.3 is 12.1 Å². The summed E-state index contributed by atoms with van der Waals surface area (Å²) in [5, 5.41) is 11.6. The number of hydrogen-bond donors (Lipinski definition) is 2. The van der Waals surface area contributed by atoms with Gasteiger partial charge < -0.3 is 19.9 Å². The van der Waals surface area contributed by atoms with E-state index in [1.807, 2.05) is 0 Å². The van der Waals surface area contributed by atoms with Gasteiger partial charge in [0, 0.05) is 12.5 Å². The SMILES string of the molecule is O=C(COc1ccc(C(F)(F)F)cc1)NC(C(=O)O)C1CCCOC1. The third kappa shape index (κ3) is 5.63. The van der Waals surface area contributed by atoms with Crippen molar-refractivity contribution in [1.82, 2.24) is 5.32 Å². The molecule has 6 nitrogen and oxygen atoms in total. The standard InChI is InChI=1S/C16H18F3NO5/c17-16(18,19)11-3-5-12(6-4-11)25-9-13(21)20-14(15(22)23)10-2-1-7-24-8-10/h3-6,10,14H,1-2,7-9H2,(H,20,21)(H,22,23). The predicted molar refractivity (Wildman–Crippen MR) is 80.0 cm³/mol. The van der Waals surface area contributed by atoms with Crippen molar-refractivity contribution in [3.05, 3.63) is 29.8 Å². The Morgan fingerprint density at radius 3 is 2.52 bits per heavy atom. The van der Waals surface area contributed by atoms with Crippen LogP contribution in [-0.2, 0) is 20.5 Å². The van der Waals surface area contributed by atoms with E-state index >= 15 is 0 Å². The van der Waals surface area contributed by atoms with Gasteiger partial charge in [-0.05, 0) is 37.1 Å². The summed E-state index contributed by atoms with van der Waals surface area (Å²) >= 11 is 0. The summed E-state index contributed by atoms with van der Waals surface area (Å²) in [5.74, 6) is -2.09. The minimum atomic E-state index is -4.45. The normalized spacial score (nSPS) is 19.1. The number of carbonyl (C=O) groups excluding carboxylic acids is 1. The number of carbonyl (C=O) groups is 2. The van der Waals surface area contributed by atoms with Crippen LogP contribution in [0.25, 0.3) is 0 Å². The fraction of sp³-hybridized carbons (Fsp3) is 0.500. The van der Waals surface area contributed by atoms with Crippen LogP contribution >= 0.6 is 0 Å². The van der Waals surface area contributed by atoms with Gasteiger partial charge in [-0.3, -0.25) is 4.79 Å². The van der Waals surface area contributed by atoms with Crippen molar-refractivity contribution >= 4 is 11.9 Å². The van der Waals surface area contributed by atoms with E-state index in [0.717, 1.165) is 24.3 Å². The van der Waals surface area contributed by atoms with E-state index < -0.39 is 36.3 Å². The fourth-order valence-electron chi connectivity index (χ4n) is 2.51. The smallest absolute Gasteiger partial charge is 0.416 e. The Morgan fingerprint density at radius 1 is 1.32 bits per heavy atom. The lowest BCUT2D eigenvalue weighted by Gasteiger charge is -2.28. The number of benzene rings is 1. The zero-order chi connectivity index (χ0) is 18.4. The van der Waals surface area contributed by atoms with E-state index in [4.69, 9.17) is 9.47 Å². The third-order valence-electron chi connectivity index (χ3n) is 3.80. The summed E-state index contributed by atoms with van der Waals surface area (Å²) < 4.78 is 47.7. The molecule has 2 rings (SSSR count). The van der Waals surface area contributed by atoms with Gasteiger partial charge in [0.25, 0.3) is 5.91 Å². The van der Waals surface area contributed by atoms with Crippen LogP contribution in [-0.4, -0.2) is 42.8 Å². The molecule has 9 heteroatoms. The Labute approximate surface area is 141 Å². The maximum atomic E-state index is 12.5. The molecule has 1 heterocycles. The molecule has 2 atom stereocenters. The highest BCUT2D eigenvalue weighted by atomic mass is 19.4. The molecule has 0 spiro atoms. The first-order valence-electron chi connectivity index (χ1n) is 7.67.